The molecule has 0 saturated heterocycles. The Morgan fingerprint density at radius 2 is 2.00 bits per heavy atom. The molecule has 0 atom stereocenters. The highest BCUT2D eigenvalue weighted by Gasteiger charge is 2.13. The molecule has 1 aliphatic heterocycles. The lowest BCUT2D eigenvalue weighted by Gasteiger charge is -2.08. The number of rotatable bonds is 6. The highest BCUT2D eigenvalue weighted by Crippen LogP contribution is 2.34. The smallest absolute Gasteiger partial charge is 0.249 e. The molecule has 0 unspecified atom stereocenters. The van der Waals surface area contributed by atoms with Crippen LogP contribution in [0.3, 0.4) is 0 Å². The predicted octanol–water partition coefficient (Wildman–Crippen LogP) is 3.65. The van der Waals surface area contributed by atoms with Gasteiger partial charge in [0.25, 0.3) is 0 Å². The van der Waals surface area contributed by atoms with Gasteiger partial charge in [0.15, 0.2) is 17.3 Å². The van der Waals surface area contributed by atoms with Crippen LogP contribution in [0, 0.1) is 0 Å². The van der Waals surface area contributed by atoms with E-state index < -0.39 is 0 Å². The predicted molar refractivity (Wildman–Crippen MR) is 99.3 cm³/mol. The standard InChI is InChI=1S/C18H16ClN5O2/c19-13-3-1-2-12(8-13)6-7-20-17-10-21-24-18(23-17)22-14-4-5-15-16(9-14)26-11-25-15/h1-5,8-10H,6-7,11H2,(H2,20,22,23,24). The number of anilines is 3. The number of nitrogens with zero attached hydrogens (tertiary/aromatic N) is 3. The Labute approximate surface area is 155 Å². The average molecular weight is 370 g/mol. The summed E-state index contributed by atoms with van der Waals surface area (Å²) >= 11 is 6.00. The van der Waals surface area contributed by atoms with Crippen LogP contribution in [0.4, 0.5) is 17.5 Å². The SMILES string of the molecule is Clc1cccc(CCNc2cnnc(Nc3ccc4c(c3)OCO4)n2)c1. The molecule has 2 aromatic carbocycles. The van der Waals surface area contributed by atoms with Gasteiger partial charge < -0.3 is 20.1 Å². The van der Waals surface area contributed by atoms with Crippen molar-refractivity contribution in [3.05, 3.63) is 59.2 Å². The second kappa shape index (κ2) is 7.45. The van der Waals surface area contributed by atoms with Gasteiger partial charge in [-0.3, -0.25) is 0 Å². The zero-order valence-corrected chi connectivity index (χ0v) is 14.5. The maximum absolute atomic E-state index is 6.00. The Morgan fingerprint density at radius 1 is 1.08 bits per heavy atom. The zero-order chi connectivity index (χ0) is 17.8. The molecule has 1 aromatic heterocycles. The number of fused-ring (bicyclic) bond motifs is 1. The van der Waals surface area contributed by atoms with E-state index in [1.807, 2.05) is 42.5 Å². The second-order valence-corrected chi connectivity index (χ2v) is 6.10. The van der Waals surface area contributed by atoms with Crippen LogP contribution in [-0.2, 0) is 6.42 Å². The first kappa shape index (κ1) is 16.4. The molecule has 2 N–H and O–H groups in total. The Balaban J connectivity index is 1.37. The Hall–Kier alpha value is -3.06. The van der Waals surface area contributed by atoms with Crippen LogP contribution in [-0.4, -0.2) is 28.5 Å². The van der Waals surface area contributed by atoms with E-state index >= 15 is 0 Å². The van der Waals surface area contributed by atoms with Crippen LogP contribution >= 0.6 is 11.6 Å². The van der Waals surface area contributed by atoms with E-state index in [4.69, 9.17) is 21.1 Å². The van der Waals surface area contributed by atoms with Crippen molar-refractivity contribution in [2.75, 3.05) is 24.0 Å². The number of hydrogen-bond donors (Lipinski definition) is 2. The summed E-state index contributed by atoms with van der Waals surface area (Å²) in [5.74, 6) is 2.46. The highest BCUT2D eigenvalue weighted by atomic mass is 35.5. The van der Waals surface area contributed by atoms with Crippen LogP contribution in [0.25, 0.3) is 0 Å². The minimum Gasteiger partial charge on any atom is -0.454 e. The van der Waals surface area contributed by atoms with E-state index in [0.29, 0.717) is 24.1 Å². The third kappa shape index (κ3) is 3.94. The molecule has 0 spiro atoms. The van der Waals surface area contributed by atoms with Gasteiger partial charge in [0.05, 0.1) is 6.20 Å². The van der Waals surface area contributed by atoms with E-state index in [1.54, 1.807) is 6.20 Å². The molecular formula is C18H16ClN5O2. The topological polar surface area (TPSA) is 81.2 Å². The van der Waals surface area contributed by atoms with Gasteiger partial charge in [0.2, 0.25) is 12.7 Å². The number of halogens is 1. The van der Waals surface area contributed by atoms with E-state index in [9.17, 15) is 0 Å². The molecule has 8 heteroatoms. The second-order valence-electron chi connectivity index (χ2n) is 5.66. The lowest BCUT2D eigenvalue weighted by Crippen LogP contribution is -2.08. The molecule has 2 heterocycles. The van der Waals surface area contributed by atoms with E-state index in [0.717, 1.165) is 28.4 Å². The van der Waals surface area contributed by atoms with Crippen molar-refractivity contribution in [3.63, 3.8) is 0 Å². The summed E-state index contributed by atoms with van der Waals surface area (Å²) in [6.07, 6.45) is 2.41. The molecule has 0 bridgehead atoms. The van der Waals surface area contributed by atoms with Gasteiger partial charge in [-0.1, -0.05) is 23.7 Å². The first-order valence-corrected chi connectivity index (χ1v) is 8.49. The quantitative estimate of drug-likeness (QED) is 0.686. The van der Waals surface area contributed by atoms with Crippen molar-refractivity contribution in [3.8, 4) is 11.5 Å². The van der Waals surface area contributed by atoms with Crippen molar-refractivity contribution < 1.29 is 9.47 Å². The molecule has 132 valence electrons. The van der Waals surface area contributed by atoms with Gasteiger partial charge in [0, 0.05) is 23.3 Å². The minimum atomic E-state index is 0.239. The average Bonchev–Trinajstić information content (AvgIpc) is 3.10. The lowest BCUT2D eigenvalue weighted by atomic mass is 10.1. The summed E-state index contributed by atoms with van der Waals surface area (Å²) in [4.78, 5) is 4.42. The summed E-state index contributed by atoms with van der Waals surface area (Å²) in [6, 6.07) is 13.3. The zero-order valence-electron chi connectivity index (χ0n) is 13.8. The first-order valence-electron chi connectivity index (χ1n) is 8.11. The maximum atomic E-state index is 6.00. The molecule has 0 radical (unpaired) electrons. The van der Waals surface area contributed by atoms with Gasteiger partial charge in [-0.05, 0) is 36.2 Å². The summed E-state index contributed by atoms with van der Waals surface area (Å²) in [6.45, 7) is 0.950. The molecule has 26 heavy (non-hydrogen) atoms. The van der Waals surface area contributed by atoms with Crippen LogP contribution < -0.4 is 20.1 Å². The van der Waals surface area contributed by atoms with Gasteiger partial charge in [-0.25, -0.2) is 0 Å². The summed E-state index contributed by atoms with van der Waals surface area (Å²) < 4.78 is 10.7. The van der Waals surface area contributed by atoms with Gasteiger partial charge in [-0.2, -0.15) is 10.1 Å². The molecule has 7 nitrogen and oxygen atoms in total. The molecule has 4 rings (SSSR count). The largest absolute Gasteiger partial charge is 0.454 e. The summed E-state index contributed by atoms with van der Waals surface area (Å²) in [5, 5.41) is 15.1. The van der Waals surface area contributed by atoms with E-state index in [1.165, 1.54) is 0 Å². The van der Waals surface area contributed by atoms with Crippen molar-refractivity contribution in [2.24, 2.45) is 0 Å². The van der Waals surface area contributed by atoms with Crippen molar-refractivity contribution in [1.82, 2.24) is 15.2 Å². The molecule has 1 aliphatic rings. The van der Waals surface area contributed by atoms with Gasteiger partial charge in [0.1, 0.15) is 0 Å². The minimum absolute atomic E-state index is 0.239. The normalized spacial score (nSPS) is 12.0. The lowest BCUT2D eigenvalue weighted by molar-refractivity contribution is 0.174. The number of nitrogens with one attached hydrogen (secondary N) is 2. The Kier molecular flexibility index (Phi) is 4.70. The van der Waals surface area contributed by atoms with Crippen molar-refractivity contribution >= 4 is 29.1 Å². The fourth-order valence-corrected chi connectivity index (χ4v) is 2.79. The first-order chi connectivity index (χ1) is 12.8. The number of aromatic nitrogens is 3. The maximum Gasteiger partial charge on any atom is 0.249 e. The van der Waals surface area contributed by atoms with Crippen molar-refractivity contribution in [1.29, 1.82) is 0 Å². The molecule has 0 aliphatic carbocycles. The van der Waals surface area contributed by atoms with E-state index in [2.05, 4.69) is 25.8 Å². The summed E-state index contributed by atoms with van der Waals surface area (Å²) in [7, 11) is 0. The molecule has 0 fully saturated rings. The molecule has 0 saturated carbocycles. The molecular weight excluding hydrogens is 354 g/mol. The molecule has 3 aromatic rings. The van der Waals surface area contributed by atoms with Gasteiger partial charge >= 0.3 is 0 Å². The highest BCUT2D eigenvalue weighted by molar-refractivity contribution is 6.30. The van der Waals surface area contributed by atoms with Gasteiger partial charge in [-0.15, -0.1) is 5.10 Å². The van der Waals surface area contributed by atoms with E-state index in [-0.39, 0.29) is 6.79 Å². The third-order valence-corrected chi connectivity index (χ3v) is 4.03. The summed E-state index contributed by atoms with van der Waals surface area (Å²) in [5.41, 5.74) is 1.96. The monoisotopic (exact) mass is 369 g/mol. The Morgan fingerprint density at radius 3 is 2.92 bits per heavy atom. The fraction of sp³-hybridized carbons (Fsp3) is 0.167. The number of hydrogen-bond acceptors (Lipinski definition) is 7. The van der Waals surface area contributed by atoms with Crippen LogP contribution in [0.15, 0.2) is 48.7 Å². The van der Waals surface area contributed by atoms with Crippen molar-refractivity contribution in [2.45, 2.75) is 6.42 Å². The fourth-order valence-electron chi connectivity index (χ4n) is 2.57. The Bertz CT molecular complexity index is 922. The number of benzene rings is 2. The van der Waals surface area contributed by atoms with Crippen LogP contribution in [0.2, 0.25) is 5.02 Å². The molecule has 0 amide bonds. The van der Waals surface area contributed by atoms with Crippen LogP contribution in [0.1, 0.15) is 5.56 Å². The van der Waals surface area contributed by atoms with Crippen LogP contribution in [0.5, 0.6) is 11.5 Å². The number of ether oxygens (including phenoxy) is 2. The third-order valence-electron chi connectivity index (χ3n) is 3.80.